The zero-order chi connectivity index (χ0) is 13.2. The summed E-state index contributed by atoms with van der Waals surface area (Å²) in [5.74, 6) is -0.838. The van der Waals surface area contributed by atoms with Crippen molar-refractivity contribution in [2.24, 2.45) is 0 Å². The maximum atomic E-state index is 10.6. The van der Waals surface area contributed by atoms with Gasteiger partial charge in [-0.3, -0.25) is 4.79 Å². The van der Waals surface area contributed by atoms with Crippen molar-refractivity contribution in [3.05, 3.63) is 33.0 Å². The summed E-state index contributed by atoms with van der Waals surface area (Å²) in [6.07, 6.45) is 3.47. The Hall–Kier alpha value is -1.40. The second-order valence-electron chi connectivity index (χ2n) is 4.60. The Labute approximate surface area is 119 Å². The van der Waals surface area contributed by atoms with Crippen molar-refractivity contribution < 1.29 is 9.90 Å². The number of thiophene rings is 1. The predicted octanol–water partition coefficient (Wildman–Crippen LogP) is 3.32. The molecule has 2 aromatic heterocycles. The van der Waals surface area contributed by atoms with E-state index in [1.54, 1.807) is 0 Å². The Balaban J connectivity index is 1.72. The summed E-state index contributed by atoms with van der Waals surface area (Å²) in [5.41, 5.74) is 2.01. The van der Waals surface area contributed by atoms with Gasteiger partial charge in [-0.2, -0.15) is 0 Å². The van der Waals surface area contributed by atoms with Gasteiger partial charge in [0, 0.05) is 10.3 Å². The van der Waals surface area contributed by atoms with Crippen LogP contribution in [0.1, 0.15) is 35.0 Å². The van der Waals surface area contributed by atoms with Gasteiger partial charge in [-0.15, -0.1) is 22.7 Å². The van der Waals surface area contributed by atoms with Crippen molar-refractivity contribution in [3.63, 3.8) is 0 Å². The van der Waals surface area contributed by atoms with Crippen molar-refractivity contribution in [1.82, 2.24) is 4.98 Å². The summed E-state index contributed by atoms with van der Waals surface area (Å²) in [6, 6.07) is 2.50. The molecule has 3 rings (SSSR count). The lowest BCUT2D eigenvalue weighted by atomic mass is 9.94. The van der Waals surface area contributed by atoms with E-state index in [-0.39, 0.29) is 6.42 Å². The molecule has 1 atom stereocenters. The number of carboxylic acid groups (broad SMARTS) is 1. The van der Waals surface area contributed by atoms with Crippen LogP contribution >= 0.6 is 22.7 Å². The molecular weight excluding hydrogens is 280 g/mol. The van der Waals surface area contributed by atoms with Gasteiger partial charge >= 0.3 is 5.97 Å². The van der Waals surface area contributed by atoms with Gasteiger partial charge in [0.1, 0.15) is 0 Å². The number of nitrogens with zero attached hydrogens (tertiary/aromatic N) is 1. The molecule has 4 nitrogen and oxygen atoms in total. The topological polar surface area (TPSA) is 62.2 Å². The van der Waals surface area contributed by atoms with Crippen LogP contribution in [0, 0.1) is 0 Å². The number of hydrogen-bond donors (Lipinski definition) is 2. The fraction of sp³-hybridized carbons (Fsp3) is 0.385. The summed E-state index contributed by atoms with van der Waals surface area (Å²) < 4.78 is 0. The molecule has 6 heteroatoms. The maximum Gasteiger partial charge on any atom is 0.309 e. The van der Waals surface area contributed by atoms with Crippen LogP contribution in [0.25, 0.3) is 0 Å². The minimum absolute atomic E-state index is 0.00739. The highest BCUT2D eigenvalue weighted by molar-refractivity contribution is 7.13. The Bertz CT molecular complexity index is 591. The molecule has 19 heavy (non-hydrogen) atoms. The summed E-state index contributed by atoms with van der Waals surface area (Å²) >= 11 is 3.30. The van der Waals surface area contributed by atoms with E-state index < -0.39 is 5.97 Å². The molecule has 0 aromatic carbocycles. The Morgan fingerprint density at radius 2 is 2.42 bits per heavy atom. The van der Waals surface area contributed by atoms with Gasteiger partial charge in [0.15, 0.2) is 5.13 Å². The molecule has 2 aromatic rings. The Kier molecular flexibility index (Phi) is 3.52. The molecule has 0 saturated heterocycles. The number of aliphatic carboxylic acids is 1. The van der Waals surface area contributed by atoms with Gasteiger partial charge in [-0.1, -0.05) is 0 Å². The van der Waals surface area contributed by atoms with Gasteiger partial charge in [-0.05, 0) is 36.3 Å². The average molecular weight is 294 g/mol. The number of carboxylic acids is 1. The fourth-order valence-electron chi connectivity index (χ4n) is 2.39. The van der Waals surface area contributed by atoms with Crippen molar-refractivity contribution in [2.45, 2.75) is 31.7 Å². The number of rotatable bonds is 4. The highest BCUT2D eigenvalue weighted by Gasteiger charge is 2.21. The molecule has 1 aliphatic rings. The first-order valence-electron chi connectivity index (χ1n) is 6.21. The summed E-state index contributed by atoms with van der Waals surface area (Å²) in [6.45, 7) is 0. The first-order valence-corrected chi connectivity index (χ1v) is 7.97. The van der Waals surface area contributed by atoms with E-state index in [1.807, 2.05) is 16.7 Å². The van der Waals surface area contributed by atoms with Gasteiger partial charge in [0.2, 0.25) is 0 Å². The molecule has 0 bridgehead atoms. The predicted molar refractivity (Wildman–Crippen MR) is 77.1 cm³/mol. The van der Waals surface area contributed by atoms with Gasteiger partial charge in [0.25, 0.3) is 0 Å². The Morgan fingerprint density at radius 3 is 3.26 bits per heavy atom. The first-order chi connectivity index (χ1) is 9.22. The van der Waals surface area contributed by atoms with Crippen LogP contribution in [0.3, 0.4) is 0 Å². The third-order valence-electron chi connectivity index (χ3n) is 3.23. The molecule has 0 spiro atoms. The fourth-order valence-corrected chi connectivity index (χ4v) is 4.15. The quantitative estimate of drug-likeness (QED) is 0.908. The molecule has 1 unspecified atom stereocenters. The molecule has 1 aliphatic carbocycles. The second-order valence-corrected chi connectivity index (χ2v) is 6.46. The van der Waals surface area contributed by atoms with Crippen LogP contribution in [0.2, 0.25) is 0 Å². The highest BCUT2D eigenvalue weighted by atomic mass is 32.1. The molecule has 2 heterocycles. The van der Waals surface area contributed by atoms with Crippen molar-refractivity contribution in [1.29, 1.82) is 0 Å². The first kappa shape index (κ1) is 12.6. The minimum Gasteiger partial charge on any atom is -0.481 e. The monoisotopic (exact) mass is 294 g/mol. The largest absolute Gasteiger partial charge is 0.481 e. The zero-order valence-electron chi connectivity index (χ0n) is 10.3. The number of hydrogen-bond acceptors (Lipinski definition) is 5. The van der Waals surface area contributed by atoms with Crippen LogP contribution in [-0.2, 0) is 17.6 Å². The molecule has 0 saturated carbocycles. The van der Waals surface area contributed by atoms with E-state index in [0.29, 0.717) is 11.7 Å². The van der Waals surface area contributed by atoms with E-state index in [4.69, 9.17) is 5.11 Å². The third-order valence-corrected chi connectivity index (χ3v) is 5.05. The molecular formula is C13H14N2O2S2. The van der Waals surface area contributed by atoms with Gasteiger partial charge in [0.05, 0.1) is 18.2 Å². The lowest BCUT2D eigenvalue weighted by Crippen LogP contribution is -2.15. The van der Waals surface area contributed by atoms with Crippen LogP contribution in [0.5, 0.6) is 0 Å². The second kappa shape index (κ2) is 5.30. The summed E-state index contributed by atoms with van der Waals surface area (Å²) in [7, 11) is 0. The van der Waals surface area contributed by atoms with Gasteiger partial charge in [-0.25, -0.2) is 4.98 Å². The molecule has 2 N–H and O–H groups in total. The van der Waals surface area contributed by atoms with E-state index in [9.17, 15) is 4.79 Å². The standard InChI is InChI=1S/C13H14N2O2S2/c16-12(17)6-8-7-19-13(14-8)15-10-2-1-3-11-9(10)4-5-18-11/h4-5,7,10H,1-3,6H2,(H,14,15)(H,16,17). The number of nitrogens with one attached hydrogen (secondary N) is 1. The maximum absolute atomic E-state index is 10.6. The number of fused-ring (bicyclic) bond motifs is 1. The van der Waals surface area contributed by atoms with Crippen molar-refractivity contribution >= 4 is 33.8 Å². The van der Waals surface area contributed by atoms with E-state index >= 15 is 0 Å². The number of aryl methyl sites for hydroxylation is 1. The van der Waals surface area contributed by atoms with E-state index in [1.165, 1.54) is 34.6 Å². The average Bonchev–Trinajstić information content (AvgIpc) is 2.98. The van der Waals surface area contributed by atoms with Crippen LogP contribution < -0.4 is 5.32 Å². The van der Waals surface area contributed by atoms with E-state index in [2.05, 4.69) is 21.7 Å². The Morgan fingerprint density at radius 1 is 1.53 bits per heavy atom. The van der Waals surface area contributed by atoms with Crippen LogP contribution in [-0.4, -0.2) is 16.1 Å². The molecule has 0 radical (unpaired) electrons. The van der Waals surface area contributed by atoms with Gasteiger partial charge < -0.3 is 10.4 Å². The lowest BCUT2D eigenvalue weighted by molar-refractivity contribution is -0.136. The molecule has 0 aliphatic heterocycles. The van der Waals surface area contributed by atoms with Crippen LogP contribution in [0.15, 0.2) is 16.8 Å². The summed E-state index contributed by atoms with van der Waals surface area (Å²) in [4.78, 5) is 16.4. The normalized spacial score (nSPS) is 18.0. The smallest absolute Gasteiger partial charge is 0.309 e. The van der Waals surface area contributed by atoms with Crippen LogP contribution in [0.4, 0.5) is 5.13 Å². The lowest BCUT2D eigenvalue weighted by Gasteiger charge is -2.23. The number of thiazole rings is 1. The highest BCUT2D eigenvalue weighted by Crippen LogP contribution is 2.36. The number of aromatic nitrogens is 1. The number of carbonyl (C=O) groups is 1. The van der Waals surface area contributed by atoms with Crippen molar-refractivity contribution in [3.8, 4) is 0 Å². The third kappa shape index (κ3) is 2.79. The molecule has 0 fully saturated rings. The summed E-state index contributed by atoms with van der Waals surface area (Å²) in [5, 5.41) is 17.0. The molecule has 100 valence electrons. The number of anilines is 1. The van der Waals surface area contributed by atoms with E-state index in [0.717, 1.165) is 11.6 Å². The van der Waals surface area contributed by atoms with Crippen molar-refractivity contribution in [2.75, 3.05) is 5.32 Å². The SMILES string of the molecule is O=C(O)Cc1csc(NC2CCCc3sccc32)n1. The molecule has 0 amide bonds. The zero-order valence-corrected chi connectivity index (χ0v) is 11.9. The minimum atomic E-state index is -0.838.